The Hall–Kier alpha value is -3.33. The summed E-state index contributed by atoms with van der Waals surface area (Å²) < 4.78 is 21.9. The molecule has 0 atom stereocenters. The summed E-state index contributed by atoms with van der Waals surface area (Å²) >= 11 is 0. The second-order valence-electron chi connectivity index (χ2n) is 8.22. The molecule has 1 fully saturated rings. The lowest BCUT2D eigenvalue weighted by molar-refractivity contribution is 0.161. The molecule has 2 aliphatic heterocycles. The molecule has 0 unspecified atom stereocenters. The van der Waals surface area contributed by atoms with Gasteiger partial charge in [0, 0.05) is 44.1 Å². The van der Waals surface area contributed by atoms with Crippen molar-refractivity contribution in [1.82, 2.24) is 19.1 Å². The number of aryl methyl sites for hydroxylation is 1. The number of anilines is 1. The topological polar surface area (TPSA) is 82.2 Å². The average molecular weight is 437 g/mol. The maximum absolute atomic E-state index is 13.8. The Morgan fingerprint density at radius 2 is 1.81 bits per heavy atom. The quantitative estimate of drug-likeness (QED) is 0.585. The van der Waals surface area contributed by atoms with Gasteiger partial charge in [-0.3, -0.25) is 14.2 Å². The van der Waals surface area contributed by atoms with Gasteiger partial charge in [0.25, 0.3) is 0 Å². The molecule has 9 heteroatoms. The SMILES string of the molecule is Cn1c(=O)c(=O)n(C2CCN(c3ncc(C4=CCOCC4)cn3)CC2)c2ccc(F)cc21. The highest BCUT2D eigenvalue weighted by Crippen LogP contribution is 2.27. The van der Waals surface area contributed by atoms with E-state index in [4.69, 9.17) is 4.74 Å². The third-order valence-corrected chi connectivity index (χ3v) is 6.35. The van der Waals surface area contributed by atoms with Gasteiger partial charge < -0.3 is 14.2 Å². The van der Waals surface area contributed by atoms with E-state index in [0.29, 0.717) is 56.1 Å². The molecule has 0 aliphatic carbocycles. The molecule has 166 valence electrons. The number of benzene rings is 1. The van der Waals surface area contributed by atoms with Crippen LogP contribution in [0.4, 0.5) is 10.3 Å². The summed E-state index contributed by atoms with van der Waals surface area (Å²) in [5.74, 6) is 0.216. The number of ether oxygens (including phenoxy) is 1. The van der Waals surface area contributed by atoms with E-state index < -0.39 is 16.9 Å². The smallest absolute Gasteiger partial charge is 0.317 e. The summed E-state index contributed by atoms with van der Waals surface area (Å²) in [5.41, 5.74) is 1.98. The minimum Gasteiger partial charge on any atom is -0.377 e. The standard InChI is InChI=1S/C23H24FN5O3/c1-27-20-12-17(24)2-3-19(20)29(22(31)21(27)30)18-4-8-28(9-5-18)23-25-13-16(14-26-23)15-6-10-32-11-7-15/h2-3,6,12-14,18H,4-5,7-11H2,1H3. The normalized spacial score (nSPS) is 17.6. The van der Waals surface area contributed by atoms with E-state index in [9.17, 15) is 14.0 Å². The fraction of sp³-hybridized carbons (Fsp3) is 0.391. The molecular weight excluding hydrogens is 413 g/mol. The predicted molar refractivity (Wildman–Crippen MR) is 119 cm³/mol. The Kier molecular flexibility index (Phi) is 5.34. The van der Waals surface area contributed by atoms with Crippen molar-refractivity contribution in [3.05, 3.63) is 68.8 Å². The monoisotopic (exact) mass is 437 g/mol. The van der Waals surface area contributed by atoms with Crippen LogP contribution in [0.1, 0.15) is 30.9 Å². The van der Waals surface area contributed by atoms with Crippen LogP contribution in [0.15, 0.2) is 46.3 Å². The van der Waals surface area contributed by atoms with Crippen LogP contribution in [0, 0.1) is 5.82 Å². The van der Waals surface area contributed by atoms with Crippen molar-refractivity contribution in [1.29, 1.82) is 0 Å². The molecule has 5 rings (SSSR count). The van der Waals surface area contributed by atoms with Crippen molar-refractivity contribution in [2.24, 2.45) is 7.05 Å². The summed E-state index contributed by atoms with van der Waals surface area (Å²) in [7, 11) is 1.50. The third-order valence-electron chi connectivity index (χ3n) is 6.35. The summed E-state index contributed by atoms with van der Waals surface area (Å²) in [6, 6.07) is 4.05. The number of hydrogen-bond donors (Lipinski definition) is 0. The molecule has 0 N–H and O–H groups in total. The van der Waals surface area contributed by atoms with Gasteiger partial charge in [0.2, 0.25) is 5.95 Å². The van der Waals surface area contributed by atoms with Crippen molar-refractivity contribution < 1.29 is 9.13 Å². The second-order valence-corrected chi connectivity index (χ2v) is 8.22. The van der Waals surface area contributed by atoms with Gasteiger partial charge >= 0.3 is 11.1 Å². The van der Waals surface area contributed by atoms with E-state index in [1.165, 1.54) is 33.9 Å². The zero-order chi connectivity index (χ0) is 22.2. The Balaban J connectivity index is 1.37. The first-order valence-electron chi connectivity index (χ1n) is 10.8. The zero-order valence-electron chi connectivity index (χ0n) is 17.8. The molecule has 4 heterocycles. The van der Waals surface area contributed by atoms with Gasteiger partial charge in [0.1, 0.15) is 5.82 Å². The molecule has 2 aliphatic rings. The highest BCUT2D eigenvalue weighted by atomic mass is 19.1. The van der Waals surface area contributed by atoms with Crippen molar-refractivity contribution in [2.75, 3.05) is 31.2 Å². The maximum atomic E-state index is 13.8. The van der Waals surface area contributed by atoms with Crippen molar-refractivity contribution in [3.8, 4) is 0 Å². The Morgan fingerprint density at radius 3 is 2.50 bits per heavy atom. The highest BCUT2D eigenvalue weighted by Gasteiger charge is 2.25. The van der Waals surface area contributed by atoms with Crippen LogP contribution >= 0.6 is 0 Å². The molecule has 3 aromatic rings. The lowest BCUT2D eigenvalue weighted by Crippen LogP contribution is -2.45. The van der Waals surface area contributed by atoms with Crippen molar-refractivity contribution >= 4 is 22.6 Å². The first kappa shape index (κ1) is 20.6. The Labute approximate surface area is 183 Å². The fourth-order valence-electron chi connectivity index (χ4n) is 4.56. The van der Waals surface area contributed by atoms with Gasteiger partial charge in [0.05, 0.1) is 24.2 Å². The van der Waals surface area contributed by atoms with E-state index in [0.717, 1.165) is 12.0 Å². The minimum atomic E-state index is -0.646. The largest absolute Gasteiger partial charge is 0.377 e. The average Bonchev–Trinajstić information content (AvgIpc) is 2.84. The molecule has 2 aromatic heterocycles. The minimum absolute atomic E-state index is 0.146. The third kappa shape index (κ3) is 3.62. The maximum Gasteiger partial charge on any atom is 0.317 e. The number of halogens is 1. The lowest BCUT2D eigenvalue weighted by Gasteiger charge is -2.33. The lowest BCUT2D eigenvalue weighted by atomic mass is 10.0. The van der Waals surface area contributed by atoms with Crippen LogP contribution in [-0.4, -0.2) is 45.4 Å². The molecule has 1 saturated heterocycles. The van der Waals surface area contributed by atoms with E-state index in [1.807, 2.05) is 12.4 Å². The van der Waals surface area contributed by atoms with Gasteiger partial charge in [0.15, 0.2) is 0 Å². The van der Waals surface area contributed by atoms with E-state index in [-0.39, 0.29) is 6.04 Å². The van der Waals surface area contributed by atoms with E-state index >= 15 is 0 Å². The number of rotatable bonds is 3. The first-order chi connectivity index (χ1) is 15.5. The summed E-state index contributed by atoms with van der Waals surface area (Å²) in [6.45, 7) is 2.65. The van der Waals surface area contributed by atoms with Gasteiger partial charge in [-0.2, -0.15) is 0 Å². The van der Waals surface area contributed by atoms with Gasteiger partial charge in [-0.15, -0.1) is 0 Å². The highest BCUT2D eigenvalue weighted by molar-refractivity contribution is 5.75. The molecule has 1 aromatic carbocycles. The van der Waals surface area contributed by atoms with Crippen molar-refractivity contribution in [3.63, 3.8) is 0 Å². The second kappa shape index (κ2) is 8.31. The number of nitrogens with zero attached hydrogens (tertiary/aromatic N) is 5. The van der Waals surface area contributed by atoms with Crippen LogP contribution in [0.5, 0.6) is 0 Å². The molecule has 32 heavy (non-hydrogen) atoms. The van der Waals surface area contributed by atoms with E-state index in [2.05, 4.69) is 20.9 Å². The Bertz CT molecular complexity index is 1300. The molecule has 0 radical (unpaired) electrons. The number of aromatic nitrogens is 4. The first-order valence-corrected chi connectivity index (χ1v) is 10.8. The molecule has 0 spiro atoms. The van der Waals surface area contributed by atoms with Gasteiger partial charge in [-0.05, 0) is 43.0 Å². The predicted octanol–water partition coefficient (Wildman–Crippen LogP) is 2.27. The molecule has 0 bridgehead atoms. The fourth-order valence-corrected chi connectivity index (χ4v) is 4.56. The van der Waals surface area contributed by atoms with Crippen LogP contribution in [0.25, 0.3) is 16.6 Å². The van der Waals surface area contributed by atoms with Crippen LogP contribution < -0.4 is 16.0 Å². The summed E-state index contributed by atoms with van der Waals surface area (Å²) in [6.07, 6.45) is 7.93. The van der Waals surface area contributed by atoms with Gasteiger partial charge in [-0.25, -0.2) is 14.4 Å². The Morgan fingerprint density at radius 1 is 1.06 bits per heavy atom. The summed E-state index contributed by atoms with van der Waals surface area (Å²) in [5, 5.41) is 0. The number of fused-ring (bicyclic) bond motifs is 1. The molecule has 8 nitrogen and oxygen atoms in total. The summed E-state index contributed by atoms with van der Waals surface area (Å²) in [4.78, 5) is 36.5. The zero-order valence-corrected chi connectivity index (χ0v) is 17.8. The van der Waals surface area contributed by atoms with Gasteiger partial charge in [-0.1, -0.05) is 6.08 Å². The van der Waals surface area contributed by atoms with Crippen molar-refractivity contribution in [2.45, 2.75) is 25.3 Å². The van der Waals surface area contributed by atoms with Crippen LogP contribution in [0.3, 0.4) is 0 Å². The van der Waals surface area contributed by atoms with Crippen LogP contribution in [0.2, 0.25) is 0 Å². The van der Waals surface area contributed by atoms with Crippen LogP contribution in [-0.2, 0) is 11.8 Å². The molecular formula is C23H24FN5O3. The number of piperidine rings is 1. The molecule has 0 saturated carbocycles. The molecule has 0 amide bonds. The van der Waals surface area contributed by atoms with E-state index in [1.54, 1.807) is 6.07 Å². The number of hydrogen-bond acceptors (Lipinski definition) is 6.